The molecule has 72 valence electrons. The van der Waals surface area contributed by atoms with Gasteiger partial charge in [0, 0.05) is 17.1 Å². The molecule has 1 aliphatic rings. The molecular formula is C14H11N. The highest BCUT2D eigenvalue weighted by Gasteiger charge is 1.99. The molecule has 0 saturated carbocycles. The molecule has 0 radical (unpaired) electrons. The van der Waals surface area contributed by atoms with Crippen molar-refractivity contribution in [3.63, 3.8) is 0 Å². The smallest absolute Gasteiger partial charge is 0.0459 e. The largest absolute Gasteiger partial charge is 0.361 e. The van der Waals surface area contributed by atoms with Crippen LogP contribution in [0, 0.1) is 0 Å². The zero-order chi connectivity index (χ0) is 10.1. The van der Waals surface area contributed by atoms with Gasteiger partial charge in [0.15, 0.2) is 0 Å². The summed E-state index contributed by atoms with van der Waals surface area (Å²) in [7, 11) is 0. The molecule has 1 N–H and O–H groups in total. The Morgan fingerprint density at radius 2 is 1.87 bits per heavy atom. The monoisotopic (exact) mass is 193 g/mol. The molecule has 0 saturated heterocycles. The Morgan fingerprint density at radius 3 is 2.73 bits per heavy atom. The summed E-state index contributed by atoms with van der Waals surface area (Å²) in [5.41, 5.74) is 3.71. The van der Waals surface area contributed by atoms with Crippen LogP contribution in [0.3, 0.4) is 0 Å². The van der Waals surface area contributed by atoms with Crippen molar-refractivity contribution in [1.29, 1.82) is 0 Å². The molecule has 0 fully saturated rings. The van der Waals surface area contributed by atoms with Gasteiger partial charge in [-0.05, 0) is 29.3 Å². The third kappa shape index (κ3) is 1.42. The summed E-state index contributed by atoms with van der Waals surface area (Å²) in [6.07, 6.45) is 12.5. The standard InChI is InChI=1S/C14H11N/c1-2-5-11(4-1)10-12-6-3-7-14-13(12)8-9-15-14/h1-10,15H. The van der Waals surface area contributed by atoms with Gasteiger partial charge in [0.25, 0.3) is 0 Å². The van der Waals surface area contributed by atoms with E-state index in [1.165, 1.54) is 22.0 Å². The molecule has 1 aromatic carbocycles. The van der Waals surface area contributed by atoms with Crippen LogP contribution in [0.2, 0.25) is 0 Å². The topological polar surface area (TPSA) is 15.8 Å². The average Bonchev–Trinajstić information content (AvgIpc) is 2.87. The maximum absolute atomic E-state index is 3.22. The Hall–Kier alpha value is -2.02. The van der Waals surface area contributed by atoms with Gasteiger partial charge in [-0.25, -0.2) is 0 Å². The summed E-state index contributed by atoms with van der Waals surface area (Å²) in [5, 5.41) is 1.28. The molecule has 1 heterocycles. The maximum atomic E-state index is 3.22. The van der Waals surface area contributed by atoms with Gasteiger partial charge in [0.2, 0.25) is 0 Å². The number of aromatic nitrogens is 1. The van der Waals surface area contributed by atoms with Crippen LogP contribution in [0.25, 0.3) is 17.0 Å². The highest BCUT2D eigenvalue weighted by atomic mass is 14.7. The number of aromatic amines is 1. The first-order chi connectivity index (χ1) is 7.43. The Kier molecular flexibility index (Phi) is 1.82. The summed E-state index contributed by atoms with van der Waals surface area (Å²) >= 11 is 0. The van der Waals surface area contributed by atoms with E-state index in [9.17, 15) is 0 Å². The van der Waals surface area contributed by atoms with Crippen LogP contribution in [0.4, 0.5) is 0 Å². The molecule has 1 heteroatoms. The van der Waals surface area contributed by atoms with Gasteiger partial charge >= 0.3 is 0 Å². The lowest BCUT2D eigenvalue weighted by atomic mass is 10.1. The van der Waals surface area contributed by atoms with Crippen LogP contribution in [0.5, 0.6) is 0 Å². The molecule has 0 atom stereocenters. The zero-order valence-electron chi connectivity index (χ0n) is 8.27. The fourth-order valence-electron chi connectivity index (χ4n) is 1.90. The van der Waals surface area contributed by atoms with E-state index in [4.69, 9.17) is 0 Å². The Balaban J connectivity index is 2.18. The molecule has 3 rings (SSSR count). The summed E-state index contributed by atoms with van der Waals surface area (Å²) in [6.45, 7) is 0. The predicted molar refractivity (Wildman–Crippen MR) is 64.6 cm³/mol. The van der Waals surface area contributed by atoms with Gasteiger partial charge < -0.3 is 4.98 Å². The van der Waals surface area contributed by atoms with Crippen molar-refractivity contribution >= 4 is 17.0 Å². The number of H-pyrrole nitrogens is 1. The van der Waals surface area contributed by atoms with Crippen molar-refractivity contribution in [3.8, 4) is 0 Å². The van der Waals surface area contributed by atoms with E-state index in [-0.39, 0.29) is 0 Å². The van der Waals surface area contributed by atoms with Gasteiger partial charge in [0.05, 0.1) is 0 Å². The van der Waals surface area contributed by atoms with Crippen molar-refractivity contribution < 1.29 is 0 Å². The molecular weight excluding hydrogens is 182 g/mol. The Bertz CT molecular complexity index is 568. The first-order valence-corrected chi connectivity index (χ1v) is 5.06. The molecule has 2 aromatic rings. The van der Waals surface area contributed by atoms with Crippen LogP contribution in [-0.2, 0) is 0 Å². The molecule has 1 nitrogen and oxygen atoms in total. The molecule has 1 aromatic heterocycles. The molecule has 0 unspecified atom stereocenters. The lowest BCUT2D eigenvalue weighted by Gasteiger charge is -1.97. The van der Waals surface area contributed by atoms with E-state index in [1.54, 1.807) is 0 Å². The van der Waals surface area contributed by atoms with Gasteiger partial charge in [-0.3, -0.25) is 0 Å². The quantitative estimate of drug-likeness (QED) is 0.711. The van der Waals surface area contributed by atoms with E-state index in [0.29, 0.717) is 0 Å². The van der Waals surface area contributed by atoms with Gasteiger partial charge in [0.1, 0.15) is 0 Å². The first-order valence-electron chi connectivity index (χ1n) is 5.06. The molecule has 0 aliphatic heterocycles. The summed E-state index contributed by atoms with van der Waals surface area (Å²) in [4.78, 5) is 3.22. The third-order valence-electron chi connectivity index (χ3n) is 2.64. The van der Waals surface area contributed by atoms with E-state index in [1.807, 2.05) is 6.20 Å². The summed E-state index contributed by atoms with van der Waals surface area (Å²) in [6, 6.07) is 8.43. The van der Waals surface area contributed by atoms with Crippen LogP contribution in [-0.4, -0.2) is 4.98 Å². The molecule has 15 heavy (non-hydrogen) atoms. The predicted octanol–water partition coefficient (Wildman–Crippen LogP) is 3.68. The molecule has 0 spiro atoms. The Labute approximate surface area is 88.4 Å². The average molecular weight is 193 g/mol. The van der Waals surface area contributed by atoms with Crippen LogP contribution < -0.4 is 0 Å². The van der Waals surface area contributed by atoms with Gasteiger partial charge in [-0.1, -0.05) is 36.4 Å². The van der Waals surface area contributed by atoms with Crippen LogP contribution in [0.15, 0.2) is 60.3 Å². The van der Waals surface area contributed by atoms with Crippen molar-refractivity contribution in [2.24, 2.45) is 0 Å². The van der Waals surface area contributed by atoms with Gasteiger partial charge in [-0.15, -0.1) is 0 Å². The van der Waals surface area contributed by atoms with Crippen molar-refractivity contribution in [2.75, 3.05) is 0 Å². The zero-order valence-corrected chi connectivity index (χ0v) is 8.27. The fourth-order valence-corrected chi connectivity index (χ4v) is 1.90. The van der Waals surface area contributed by atoms with E-state index >= 15 is 0 Å². The minimum atomic E-state index is 1.19. The highest BCUT2D eigenvalue weighted by molar-refractivity contribution is 5.89. The molecule has 1 aliphatic carbocycles. The summed E-state index contributed by atoms with van der Waals surface area (Å²) < 4.78 is 0. The van der Waals surface area contributed by atoms with E-state index < -0.39 is 0 Å². The van der Waals surface area contributed by atoms with Crippen molar-refractivity contribution in [3.05, 3.63) is 65.9 Å². The van der Waals surface area contributed by atoms with Crippen molar-refractivity contribution in [1.82, 2.24) is 4.98 Å². The van der Waals surface area contributed by atoms with E-state index in [2.05, 4.69) is 59.6 Å². The molecule has 0 amide bonds. The maximum Gasteiger partial charge on any atom is 0.0459 e. The summed E-state index contributed by atoms with van der Waals surface area (Å²) in [5.74, 6) is 0. The van der Waals surface area contributed by atoms with Gasteiger partial charge in [-0.2, -0.15) is 0 Å². The highest BCUT2D eigenvalue weighted by Crippen LogP contribution is 2.21. The number of hydrogen-bond donors (Lipinski definition) is 1. The number of allylic oxidation sites excluding steroid dienone is 5. The second kappa shape index (κ2) is 3.28. The number of fused-ring (bicyclic) bond motifs is 1. The minimum Gasteiger partial charge on any atom is -0.361 e. The minimum absolute atomic E-state index is 1.19. The van der Waals surface area contributed by atoms with Crippen LogP contribution >= 0.6 is 0 Å². The number of rotatable bonds is 1. The number of benzene rings is 1. The lowest BCUT2D eigenvalue weighted by molar-refractivity contribution is 1.48. The number of nitrogens with one attached hydrogen (secondary N) is 1. The SMILES string of the molecule is C1=CC(=Cc2cccc3[nH]ccc23)C=C1. The first kappa shape index (κ1) is 8.30. The van der Waals surface area contributed by atoms with Crippen molar-refractivity contribution in [2.45, 2.75) is 0 Å². The fraction of sp³-hybridized carbons (Fsp3) is 0. The Morgan fingerprint density at radius 1 is 1.00 bits per heavy atom. The second-order valence-corrected chi connectivity index (χ2v) is 3.65. The third-order valence-corrected chi connectivity index (χ3v) is 2.64. The van der Waals surface area contributed by atoms with Crippen LogP contribution in [0.1, 0.15) is 5.56 Å². The molecule has 0 bridgehead atoms. The number of hydrogen-bond acceptors (Lipinski definition) is 0. The van der Waals surface area contributed by atoms with E-state index in [0.717, 1.165) is 0 Å². The lowest BCUT2D eigenvalue weighted by Crippen LogP contribution is -1.76. The normalized spacial score (nSPS) is 14.0. The second-order valence-electron chi connectivity index (χ2n) is 3.65.